The fourth-order valence-corrected chi connectivity index (χ4v) is 2.03. The number of ether oxygens (including phenoxy) is 1. The van der Waals surface area contributed by atoms with Crippen LogP contribution in [0.15, 0.2) is 18.3 Å². The maximum atomic E-state index is 12.0. The Kier molecular flexibility index (Phi) is 5.46. The minimum absolute atomic E-state index is 0.0786. The molecule has 1 aliphatic rings. The predicted molar refractivity (Wildman–Crippen MR) is 75.9 cm³/mol. The van der Waals surface area contributed by atoms with E-state index in [9.17, 15) is 4.79 Å². The molecule has 0 saturated carbocycles. The quantitative estimate of drug-likeness (QED) is 0.571. The molecule has 110 valence electrons. The third-order valence-corrected chi connectivity index (χ3v) is 3.37. The van der Waals surface area contributed by atoms with Gasteiger partial charge in [-0.05, 0) is 12.1 Å². The van der Waals surface area contributed by atoms with E-state index in [1.807, 2.05) is 12.1 Å². The van der Waals surface area contributed by atoms with Crippen molar-refractivity contribution in [2.75, 3.05) is 51.9 Å². The van der Waals surface area contributed by atoms with E-state index in [1.165, 1.54) is 0 Å². The van der Waals surface area contributed by atoms with Crippen LogP contribution in [0.4, 0.5) is 5.82 Å². The summed E-state index contributed by atoms with van der Waals surface area (Å²) in [6, 6.07) is 3.74. The van der Waals surface area contributed by atoms with E-state index in [0.29, 0.717) is 18.5 Å². The average Bonchev–Trinajstić information content (AvgIpc) is 2.53. The number of pyridine rings is 1. The van der Waals surface area contributed by atoms with Crippen molar-refractivity contribution in [3.63, 3.8) is 0 Å². The molecule has 0 aromatic carbocycles. The molecule has 2 rings (SSSR count). The highest BCUT2D eigenvalue weighted by Crippen LogP contribution is 2.14. The Hall–Kier alpha value is -1.50. The number of carbonyl (C=O) groups is 1. The Morgan fingerprint density at radius 2 is 2.20 bits per heavy atom. The van der Waals surface area contributed by atoms with E-state index in [-0.39, 0.29) is 5.78 Å². The molecule has 0 bridgehead atoms. The number of anilines is 1. The molecule has 6 nitrogen and oxygen atoms in total. The number of Topliss-reactive ketones (excluding diaryl/α,β-unsaturated/α-hetero) is 1. The number of aromatic nitrogens is 1. The third-order valence-electron chi connectivity index (χ3n) is 3.37. The zero-order valence-corrected chi connectivity index (χ0v) is 12.0. The molecule has 2 heterocycles. The van der Waals surface area contributed by atoms with E-state index in [2.05, 4.69) is 9.88 Å². The second-order valence-electron chi connectivity index (χ2n) is 4.71. The highest BCUT2D eigenvalue weighted by atomic mass is 16.7. The van der Waals surface area contributed by atoms with Crippen LogP contribution in [0.3, 0.4) is 0 Å². The monoisotopic (exact) mass is 279 g/mol. The summed E-state index contributed by atoms with van der Waals surface area (Å²) in [5.41, 5.74) is 0.645. The third kappa shape index (κ3) is 4.00. The van der Waals surface area contributed by atoms with Crippen LogP contribution in [-0.4, -0.2) is 62.8 Å². The van der Waals surface area contributed by atoms with Gasteiger partial charge in [-0.25, -0.2) is 4.98 Å². The molecule has 0 amide bonds. The standard InChI is InChI=1S/C14H21N3O3/c1-16(19-2)6-5-13(18)12-3-4-14(15-11-12)17-7-9-20-10-8-17/h3-4,11H,5-10H2,1-2H3. The molecule has 0 atom stereocenters. The van der Waals surface area contributed by atoms with Crippen LogP contribution in [0.5, 0.6) is 0 Å². The number of carbonyl (C=O) groups excluding carboxylic acids is 1. The van der Waals surface area contributed by atoms with E-state index in [4.69, 9.17) is 9.57 Å². The largest absolute Gasteiger partial charge is 0.378 e. The van der Waals surface area contributed by atoms with Crippen molar-refractivity contribution in [1.29, 1.82) is 0 Å². The van der Waals surface area contributed by atoms with Gasteiger partial charge in [-0.3, -0.25) is 4.79 Å². The number of nitrogens with zero attached hydrogens (tertiary/aromatic N) is 3. The molecule has 0 unspecified atom stereocenters. The van der Waals surface area contributed by atoms with Crippen molar-refractivity contribution >= 4 is 11.6 Å². The van der Waals surface area contributed by atoms with Crippen LogP contribution in [0, 0.1) is 0 Å². The van der Waals surface area contributed by atoms with Gasteiger partial charge in [-0.2, -0.15) is 5.06 Å². The van der Waals surface area contributed by atoms with E-state index >= 15 is 0 Å². The summed E-state index contributed by atoms with van der Waals surface area (Å²) in [4.78, 5) is 23.5. The highest BCUT2D eigenvalue weighted by molar-refractivity contribution is 5.96. The topological polar surface area (TPSA) is 54.9 Å². The molecule has 6 heteroatoms. The molecule has 1 saturated heterocycles. The molecular formula is C14H21N3O3. The minimum atomic E-state index is 0.0786. The Labute approximate surface area is 119 Å². The maximum Gasteiger partial charge on any atom is 0.165 e. The summed E-state index contributed by atoms with van der Waals surface area (Å²) in [5.74, 6) is 0.980. The van der Waals surface area contributed by atoms with E-state index in [1.54, 1.807) is 25.4 Å². The Morgan fingerprint density at radius 1 is 1.45 bits per heavy atom. The smallest absolute Gasteiger partial charge is 0.165 e. The lowest BCUT2D eigenvalue weighted by atomic mass is 10.1. The van der Waals surface area contributed by atoms with Crippen LogP contribution in [-0.2, 0) is 9.57 Å². The lowest BCUT2D eigenvalue weighted by Gasteiger charge is -2.27. The highest BCUT2D eigenvalue weighted by Gasteiger charge is 2.13. The summed E-state index contributed by atoms with van der Waals surface area (Å²) in [5, 5.41) is 1.63. The number of rotatable bonds is 6. The molecule has 0 spiro atoms. The van der Waals surface area contributed by atoms with Gasteiger partial charge in [0, 0.05) is 44.9 Å². The second kappa shape index (κ2) is 7.33. The molecule has 0 radical (unpaired) electrons. The van der Waals surface area contributed by atoms with Crippen molar-refractivity contribution in [2.24, 2.45) is 0 Å². The van der Waals surface area contributed by atoms with Gasteiger partial charge in [0.2, 0.25) is 0 Å². The van der Waals surface area contributed by atoms with E-state index < -0.39 is 0 Å². The van der Waals surface area contributed by atoms with Gasteiger partial charge in [-0.1, -0.05) is 0 Å². The van der Waals surface area contributed by atoms with Crippen LogP contribution in [0.1, 0.15) is 16.8 Å². The fourth-order valence-electron chi connectivity index (χ4n) is 2.03. The van der Waals surface area contributed by atoms with Gasteiger partial charge in [0.25, 0.3) is 0 Å². The first-order valence-corrected chi connectivity index (χ1v) is 6.78. The zero-order valence-electron chi connectivity index (χ0n) is 12.0. The first-order chi connectivity index (χ1) is 9.70. The van der Waals surface area contributed by atoms with Crippen LogP contribution in [0.25, 0.3) is 0 Å². The molecule has 20 heavy (non-hydrogen) atoms. The molecule has 0 N–H and O–H groups in total. The minimum Gasteiger partial charge on any atom is -0.378 e. The molecule has 1 aromatic rings. The molecule has 0 aliphatic carbocycles. The Balaban J connectivity index is 1.91. The number of ketones is 1. The van der Waals surface area contributed by atoms with Crippen molar-refractivity contribution in [3.05, 3.63) is 23.9 Å². The van der Waals surface area contributed by atoms with Gasteiger partial charge < -0.3 is 14.5 Å². The first-order valence-electron chi connectivity index (χ1n) is 6.78. The maximum absolute atomic E-state index is 12.0. The van der Waals surface area contributed by atoms with Crippen molar-refractivity contribution in [1.82, 2.24) is 10.0 Å². The van der Waals surface area contributed by atoms with Gasteiger partial charge in [0.1, 0.15) is 5.82 Å². The summed E-state index contributed by atoms with van der Waals surface area (Å²) in [6.07, 6.45) is 2.07. The average molecular weight is 279 g/mol. The number of hydrogen-bond donors (Lipinski definition) is 0. The fraction of sp³-hybridized carbons (Fsp3) is 0.571. The molecular weight excluding hydrogens is 258 g/mol. The lowest BCUT2D eigenvalue weighted by molar-refractivity contribution is -0.107. The second-order valence-corrected chi connectivity index (χ2v) is 4.71. The van der Waals surface area contributed by atoms with Crippen molar-refractivity contribution in [2.45, 2.75) is 6.42 Å². The van der Waals surface area contributed by atoms with Gasteiger partial charge in [0.15, 0.2) is 5.78 Å². The van der Waals surface area contributed by atoms with Gasteiger partial charge in [0.05, 0.1) is 20.3 Å². The molecule has 1 aromatic heterocycles. The van der Waals surface area contributed by atoms with Crippen molar-refractivity contribution in [3.8, 4) is 0 Å². The first kappa shape index (κ1) is 14.9. The summed E-state index contributed by atoms with van der Waals surface area (Å²) in [7, 11) is 3.39. The van der Waals surface area contributed by atoms with Crippen LogP contribution < -0.4 is 4.90 Å². The Morgan fingerprint density at radius 3 is 2.80 bits per heavy atom. The zero-order chi connectivity index (χ0) is 14.4. The SMILES string of the molecule is CON(C)CCC(=O)c1ccc(N2CCOCC2)nc1. The number of morpholine rings is 1. The number of hydroxylamine groups is 2. The van der Waals surface area contributed by atoms with Gasteiger partial charge in [-0.15, -0.1) is 0 Å². The Bertz CT molecular complexity index is 430. The summed E-state index contributed by atoms with van der Waals surface area (Å²) >= 11 is 0. The van der Waals surface area contributed by atoms with Crippen LogP contribution >= 0.6 is 0 Å². The lowest BCUT2D eigenvalue weighted by Crippen LogP contribution is -2.36. The molecule has 1 aliphatic heterocycles. The predicted octanol–water partition coefficient (Wildman–Crippen LogP) is 0.984. The normalized spacial score (nSPS) is 15.7. The molecule has 1 fully saturated rings. The summed E-state index contributed by atoms with van der Waals surface area (Å²) < 4.78 is 5.31. The van der Waals surface area contributed by atoms with Crippen molar-refractivity contribution < 1.29 is 14.4 Å². The summed E-state index contributed by atoms with van der Waals surface area (Å²) in [6.45, 7) is 3.72. The van der Waals surface area contributed by atoms with E-state index in [0.717, 1.165) is 32.1 Å². The number of hydrogen-bond acceptors (Lipinski definition) is 6. The van der Waals surface area contributed by atoms with Crippen LogP contribution in [0.2, 0.25) is 0 Å². The van der Waals surface area contributed by atoms with Gasteiger partial charge >= 0.3 is 0 Å².